The molecule has 3 rings (SSSR count). The number of ether oxygens (including phenoxy) is 1. The number of fused-ring (bicyclic) bond motifs is 1. The van der Waals surface area contributed by atoms with Crippen molar-refractivity contribution in [2.24, 2.45) is 0 Å². The van der Waals surface area contributed by atoms with E-state index in [4.69, 9.17) is 10.00 Å². The number of sulfonamides is 1. The van der Waals surface area contributed by atoms with E-state index < -0.39 is 22.0 Å². The monoisotopic (exact) mass is 356 g/mol. The van der Waals surface area contributed by atoms with Crippen LogP contribution in [0.2, 0.25) is 0 Å². The zero-order valence-corrected chi connectivity index (χ0v) is 14.1. The van der Waals surface area contributed by atoms with Crippen LogP contribution in [0.15, 0.2) is 48.5 Å². The van der Waals surface area contributed by atoms with E-state index in [2.05, 4.69) is 4.72 Å². The fourth-order valence-corrected chi connectivity index (χ4v) is 3.91. The first kappa shape index (κ1) is 17.1. The number of rotatable bonds is 4. The van der Waals surface area contributed by atoms with Crippen LogP contribution in [0.5, 0.6) is 0 Å². The standard InChI is InChI=1S/C18H16N2O4S/c19-11-13-4-3-5-14(10-13)12-25(22,23)20-18(21)17-16-7-2-1-6-15(16)8-9-24-17/h1-7,10,17H,8-9,12H2,(H,20,21)/t17-/m1/s1. The molecule has 128 valence electrons. The second-order valence-electron chi connectivity index (χ2n) is 5.74. The number of benzene rings is 2. The van der Waals surface area contributed by atoms with Crippen LogP contribution in [0.1, 0.15) is 28.4 Å². The zero-order chi connectivity index (χ0) is 17.9. The summed E-state index contributed by atoms with van der Waals surface area (Å²) in [5, 5.41) is 8.88. The predicted octanol–water partition coefficient (Wildman–Crippen LogP) is 1.82. The maximum absolute atomic E-state index is 12.4. The first-order valence-electron chi connectivity index (χ1n) is 7.71. The van der Waals surface area contributed by atoms with Gasteiger partial charge >= 0.3 is 0 Å². The SMILES string of the molecule is N#Cc1cccc(CS(=O)(=O)NC(=O)[C@@H]2OCCc3ccccc32)c1. The Morgan fingerprint density at radius 3 is 2.84 bits per heavy atom. The van der Waals surface area contributed by atoms with Gasteiger partial charge in [-0.3, -0.25) is 9.52 Å². The normalized spacial score (nSPS) is 16.5. The van der Waals surface area contributed by atoms with Crippen LogP contribution in [-0.4, -0.2) is 20.9 Å². The molecule has 1 aliphatic heterocycles. The summed E-state index contributed by atoms with van der Waals surface area (Å²) in [6.45, 7) is 0.360. The second kappa shape index (κ2) is 7.05. The highest BCUT2D eigenvalue weighted by atomic mass is 32.2. The number of carbonyl (C=O) groups excluding carboxylic acids is 1. The van der Waals surface area contributed by atoms with Gasteiger partial charge in [-0.15, -0.1) is 0 Å². The minimum atomic E-state index is -3.90. The van der Waals surface area contributed by atoms with Crippen molar-refractivity contribution in [1.82, 2.24) is 4.72 Å². The molecule has 0 saturated carbocycles. The first-order valence-corrected chi connectivity index (χ1v) is 9.36. The molecule has 2 aromatic carbocycles. The van der Waals surface area contributed by atoms with E-state index in [1.54, 1.807) is 30.3 Å². The number of hydrogen-bond donors (Lipinski definition) is 1. The molecule has 1 amide bonds. The lowest BCUT2D eigenvalue weighted by atomic mass is 9.97. The van der Waals surface area contributed by atoms with Gasteiger partial charge in [0, 0.05) is 0 Å². The van der Waals surface area contributed by atoms with Crippen molar-refractivity contribution in [2.45, 2.75) is 18.3 Å². The maximum atomic E-state index is 12.4. The lowest BCUT2D eigenvalue weighted by Crippen LogP contribution is -2.38. The molecule has 0 spiro atoms. The predicted molar refractivity (Wildman–Crippen MR) is 90.8 cm³/mol. The van der Waals surface area contributed by atoms with Crippen LogP contribution in [-0.2, 0) is 31.7 Å². The highest BCUT2D eigenvalue weighted by molar-refractivity contribution is 7.89. The van der Waals surface area contributed by atoms with Crippen LogP contribution < -0.4 is 4.72 Å². The van der Waals surface area contributed by atoms with Crippen LogP contribution in [0.3, 0.4) is 0 Å². The third-order valence-corrected chi connectivity index (χ3v) is 5.13. The molecule has 2 aromatic rings. The molecule has 7 heteroatoms. The Morgan fingerprint density at radius 2 is 2.04 bits per heavy atom. The van der Waals surface area contributed by atoms with Crippen molar-refractivity contribution in [1.29, 1.82) is 5.26 Å². The molecule has 0 aromatic heterocycles. The highest BCUT2D eigenvalue weighted by Gasteiger charge is 2.29. The Hall–Kier alpha value is -2.69. The van der Waals surface area contributed by atoms with Gasteiger partial charge in [0.05, 0.1) is 24.0 Å². The average Bonchev–Trinajstić information content (AvgIpc) is 2.60. The summed E-state index contributed by atoms with van der Waals surface area (Å²) in [4.78, 5) is 12.4. The van der Waals surface area contributed by atoms with Crippen LogP contribution in [0.25, 0.3) is 0 Å². The van der Waals surface area contributed by atoms with E-state index in [9.17, 15) is 13.2 Å². The van der Waals surface area contributed by atoms with Gasteiger partial charge in [-0.25, -0.2) is 8.42 Å². The topological polar surface area (TPSA) is 96.3 Å². The molecular formula is C18H16N2O4S. The number of nitriles is 1. The summed E-state index contributed by atoms with van der Waals surface area (Å²) in [5.74, 6) is -1.09. The molecule has 1 aliphatic rings. The minimum absolute atomic E-state index is 0.360. The third-order valence-electron chi connectivity index (χ3n) is 3.90. The van der Waals surface area contributed by atoms with Crippen molar-refractivity contribution in [3.63, 3.8) is 0 Å². The van der Waals surface area contributed by atoms with Crippen LogP contribution in [0, 0.1) is 11.3 Å². The molecule has 0 fully saturated rings. The van der Waals surface area contributed by atoms with Gasteiger partial charge in [-0.1, -0.05) is 36.4 Å². The van der Waals surface area contributed by atoms with Crippen molar-refractivity contribution in [3.05, 3.63) is 70.8 Å². The first-order chi connectivity index (χ1) is 12.0. The zero-order valence-electron chi connectivity index (χ0n) is 13.3. The van der Waals surface area contributed by atoms with Crippen molar-refractivity contribution >= 4 is 15.9 Å². The Labute approximate surface area is 146 Å². The Morgan fingerprint density at radius 1 is 1.24 bits per heavy atom. The maximum Gasteiger partial charge on any atom is 0.267 e. The van der Waals surface area contributed by atoms with E-state index in [0.717, 1.165) is 5.56 Å². The molecule has 1 N–H and O–H groups in total. The fraction of sp³-hybridized carbons (Fsp3) is 0.222. The molecule has 1 heterocycles. The molecule has 0 bridgehead atoms. The largest absolute Gasteiger partial charge is 0.363 e. The third kappa shape index (κ3) is 4.05. The summed E-state index contributed by atoms with van der Waals surface area (Å²) >= 11 is 0. The summed E-state index contributed by atoms with van der Waals surface area (Å²) in [7, 11) is -3.90. The molecule has 0 radical (unpaired) electrons. The highest BCUT2D eigenvalue weighted by Crippen LogP contribution is 2.27. The van der Waals surface area contributed by atoms with E-state index in [1.807, 2.05) is 18.2 Å². The molecule has 0 saturated heterocycles. The van der Waals surface area contributed by atoms with Gasteiger partial charge < -0.3 is 4.74 Å². The van der Waals surface area contributed by atoms with E-state index in [0.29, 0.717) is 29.7 Å². The van der Waals surface area contributed by atoms with Gasteiger partial charge in [0.15, 0.2) is 6.10 Å². The minimum Gasteiger partial charge on any atom is -0.363 e. The quantitative estimate of drug-likeness (QED) is 0.901. The van der Waals surface area contributed by atoms with Crippen molar-refractivity contribution in [2.75, 3.05) is 6.61 Å². The molecule has 0 unspecified atom stereocenters. The summed E-state index contributed by atoms with van der Waals surface area (Å²) in [5.41, 5.74) is 2.47. The molecule has 1 atom stereocenters. The van der Waals surface area contributed by atoms with Crippen molar-refractivity contribution < 1.29 is 17.9 Å². The van der Waals surface area contributed by atoms with Crippen LogP contribution in [0.4, 0.5) is 0 Å². The number of nitrogens with zero attached hydrogens (tertiary/aromatic N) is 1. The second-order valence-corrected chi connectivity index (χ2v) is 7.46. The van der Waals surface area contributed by atoms with Gasteiger partial charge in [0.1, 0.15) is 0 Å². The smallest absolute Gasteiger partial charge is 0.267 e. The van der Waals surface area contributed by atoms with E-state index >= 15 is 0 Å². The van der Waals surface area contributed by atoms with Crippen molar-refractivity contribution in [3.8, 4) is 6.07 Å². The van der Waals surface area contributed by atoms with E-state index in [1.165, 1.54) is 6.07 Å². The fourth-order valence-electron chi connectivity index (χ4n) is 2.80. The Balaban J connectivity index is 1.75. The number of carbonyl (C=O) groups is 1. The summed E-state index contributed by atoms with van der Waals surface area (Å²) in [6, 6.07) is 15.5. The number of hydrogen-bond acceptors (Lipinski definition) is 5. The Bertz CT molecular complexity index is 948. The number of amides is 1. The van der Waals surface area contributed by atoms with Gasteiger partial charge in [0.25, 0.3) is 5.91 Å². The number of nitrogens with one attached hydrogen (secondary N) is 1. The lowest BCUT2D eigenvalue weighted by Gasteiger charge is -2.25. The molecule has 6 nitrogen and oxygen atoms in total. The van der Waals surface area contributed by atoms with Gasteiger partial charge in [-0.2, -0.15) is 5.26 Å². The van der Waals surface area contributed by atoms with Gasteiger partial charge in [-0.05, 0) is 35.2 Å². The summed E-state index contributed by atoms with van der Waals surface area (Å²) < 4.78 is 32.1. The Kier molecular flexibility index (Phi) is 4.83. The van der Waals surface area contributed by atoms with Crippen LogP contribution >= 0.6 is 0 Å². The molecule has 0 aliphatic carbocycles. The summed E-state index contributed by atoms with van der Waals surface area (Å²) in [6.07, 6.45) is -0.252. The lowest BCUT2D eigenvalue weighted by molar-refractivity contribution is -0.132. The average molecular weight is 356 g/mol. The molecular weight excluding hydrogens is 340 g/mol. The van der Waals surface area contributed by atoms with Gasteiger partial charge in [0.2, 0.25) is 10.0 Å². The molecule has 25 heavy (non-hydrogen) atoms. The van der Waals surface area contributed by atoms with E-state index in [-0.39, 0.29) is 5.75 Å².